The van der Waals surface area contributed by atoms with Gasteiger partial charge in [-0.3, -0.25) is 0 Å². The molecular formula is C7H8O9. The molecule has 9 heteroatoms. The Morgan fingerprint density at radius 2 is 1.38 bits per heavy atom. The number of carbonyl (C=O) groups excluding carboxylic acids is 2. The Morgan fingerprint density at radius 1 is 1.00 bits per heavy atom. The Kier molecular flexibility index (Phi) is 5.49. The number of ether oxygens (including phenoxy) is 3. The Bertz CT molecular complexity index is 279. The van der Waals surface area contributed by atoms with E-state index in [1.54, 1.807) is 0 Å². The molecule has 0 saturated carbocycles. The monoisotopic (exact) mass is 236 g/mol. The summed E-state index contributed by atoms with van der Waals surface area (Å²) in [5.74, 6) is -3.14. The zero-order valence-electron chi connectivity index (χ0n) is 8.04. The molecule has 90 valence electrons. The molecule has 0 heterocycles. The van der Waals surface area contributed by atoms with Gasteiger partial charge in [0.1, 0.15) is 0 Å². The predicted molar refractivity (Wildman–Crippen MR) is 43.6 cm³/mol. The number of hydrogen-bond acceptors (Lipinski definition) is 7. The molecule has 0 aromatic carbocycles. The van der Waals surface area contributed by atoms with Gasteiger partial charge in [-0.05, 0) is 6.92 Å². The van der Waals surface area contributed by atoms with Crippen LogP contribution in [0.3, 0.4) is 0 Å². The summed E-state index contributed by atoms with van der Waals surface area (Å²) in [7, 11) is 0. The molecule has 0 aromatic heterocycles. The molecule has 0 aliphatic heterocycles. The summed E-state index contributed by atoms with van der Waals surface area (Å²) in [6, 6.07) is 0. The fourth-order valence-corrected chi connectivity index (χ4v) is 0.678. The van der Waals surface area contributed by atoms with Crippen LogP contribution in [-0.4, -0.2) is 47.2 Å². The SMILES string of the molecule is CCOC(C(=O)OC(=O)O)C(=O)OC(=O)O. The minimum atomic E-state index is -2.04. The smallest absolute Gasteiger partial charge is 0.449 e. The molecule has 0 aliphatic carbocycles. The molecule has 9 nitrogen and oxygen atoms in total. The van der Waals surface area contributed by atoms with Crippen LogP contribution in [0.2, 0.25) is 0 Å². The first-order valence-electron chi connectivity index (χ1n) is 3.89. The number of esters is 2. The second kappa shape index (κ2) is 6.35. The summed E-state index contributed by atoms with van der Waals surface area (Å²) < 4.78 is 11.7. The van der Waals surface area contributed by atoms with Crippen LogP contribution < -0.4 is 0 Å². The molecule has 0 radical (unpaired) electrons. The molecule has 0 spiro atoms. The average Bonchev–Trinajstić information content (AvgIpc) is 2.11. The summed E-state index contributed by atoms with van der Waals surface area (Å²) in [5.41, 5.74) is 0. The predicted octanol–water partition coefficient (Wildman–Crippen LogP) is -0.166. The van der Waals surface area contributed by atoms with Crippen LogP contribution in [0, 0.1) is 0 Å². The van der Waals surface area contributed by atoms with E-state index in [-0.39, 0.29) is 6.61 Å². The topological polar surface area (TPSA) is 136 Å². The van der Waals surface area contributed by atoms with Crippen LogP contribution >= 0.6 is 0 Å². The van der Waals surface area contributed by atoms with E-state index < -0.39 is 30.4 Å². The third-order valence-electron chi connectivity index (χ3n) is 1.14. The van der Waals surface area contributed by atoms with Crippen LogP contribution in [0.15, 0.2) is 0 Å². The van der Waals surface area contributed by atoms with Crippen molar-refractivity contribution in [3.63, 3.8) is 0 Å². The highest BCUT2D eigenvalue weighted by molar-refractivity contribution is 6.03. The van der Waals surface area contributed by atoms with Crippen molar-refractivity contribution in [3.05, 3.63) is 0 Å². The second-order valence-electron chi connectivity index (χ2n) is 2.21. The maximum Gasteiger partial charge on any atom is 0.513 e. The molecule has 0 aliphatic rings. The second-order valence-corrected chi connectivity index (χ2v) is 2.21. The van der Waals surface area contributed by atoms with Crippen LogP contribution in [-0.2, 0) is 23.8 Å². The van der Waals surface area contributed by atoms with E-state index in [0.717, 1.165) is 0 Å². The summed E-state index contributed by atoms with van der Waals surface area (Å²) in [5, 5.41) is 16.2. The van der Waals surface area contributed by atoms with Crippen molar-refractivity contribution in [1.29, 1.82) is 0 Å². The Balaban J connectivity index is 4.58. The zero-order chi connectivity index (χ0) is 12.7. The molecule has 16 heavy (non-hydrogen) atoms. The first kappa shape index (κ1) is 13.8. The van der Waals surface area contributed by atoms with E-state index in [4.69, 9.17) is 10.2 Å². The normalized spacial score (nSPS) is 9.62. The molecule has 0 bridgehead atoms. The largest absolute Gasteiger partial charge is 0.513 e. The van der Waals surface area contributed by atoms with Crippen molar-refractivity contribution in [2.24, 2.45) is 0 Å². The lowest BCUT2D eigenvalue weighted by Crippen LogP contribution is -2.37. The summed E-state index contributed by atoms with van der Waals surface area (Å²) in [4.78, 5) is 41.9. The number of carbonyl (C=O) groups is 4. The standard InChI is InChI=1S/C7H8O9/c1-2-14-3(4(8)15-6(10)11)5(9)16-7(12)13/h3H,2H2,1H3,(H,10,11)(H,12,13). The summed E-state index contributed by atoms with van der Waals surface area (Å²) in [6.07, 6.45) is -5.94. The van der Waals surface area contributed by atoms with Gasteiger partial charge in [0, 0.05) is 6.61 Å². The fraction of sp³-hybridized carbons (Fsp3) is 0.429. The van der Waals surface area contributed by atoms with E-state index >= 15 is 0 Å². The van der Waals surface area contributed by atoms with Gasteiger partial charge >= 0.3 is 24.2 Å². The van der Waals surface area contributed by atoms with Crippen molar-refractivity contribution in [2.75, 3.05) is 6.61 Å². The quantitative estimate of drug-likeness (QED) is 0.503. The molecule has 0 rings (SSSR count). The third-order valence-corrected chi connectivity index (χ3v) is 1.14. The minimum Gasteiger partial charge on any atom is -0.449 e. The zero-order valence-corrected chi connectivity index (χ0v) is 8.04. The molecule has 0 saturated heterocycles. The molecule has 2 N–H and O–H groups in total. The van der Waals surface area contributed by atoms with Gasteiger partial charge in [0.25, 0.3) is 6.10 Å². The van der Waals surface area contributed by atoms with Crippen molar-refractivity contribution < 1.29 is 43.6 Å². The highest BCUT2D eigenvalue weighted by Gasteiger charge is 2.33. The van der Waals surface area contributed by atoms with Gasteiger partial charge in [0.05, 0.1) is 0 Å². The van der Waals surface area contributed by atoms with Gasteiger partial charge in [-0.1, -0.05) is 0 Å². The lowest BCUT2D eigenvalue weighted by Gasteiger charge is -2.10. The van der Waals surface area contributed by atoms with Crippen LogP contribution in [0.1, 0.15) is 6.92 Å². The number of hydrogen-bond donors (Lipinski definition) is 2. The van der Waals surface area contributed by atoms with Gasteiger partial charge in [-0.15, -0.1) is 0 Å². The Labute approximate surface area is 88.5 Å². The Morgan fingerprint density at radius 3 is 1.62 bits per heavy atom. The lowest BCUT2D eigenvalue weighted by molar-refractivity contribution is -0.167. The van der Waals surface area contributed by atoms with E-state index in [1.165, 1.54) is 6.92 Å². The van der Waals surface area contributed by atoms with Gasteiger partial charge in [-0.25, -0.2) is 19.2 Å². The van der Waals surface area contributed by atoms with Crippen molar-refractivity contribution >= 4 is 24.2 Å². The first-order valence-corrected chi connectivity index (χ1v) is 3.89. The molecule has 0 fully saturated rings. The van der Waals surface area contributed by atoms with E-state index in [0.29, 0.717) is 0 Å². The highest BCUT2D eigenvalue weighted by atomic mass is 16.7. The van der Waals surface area contributed by atoms with E-state index in [2.05, 4.69) is 14.2 Å². The van der Waals surface area contributed by atoms with Gasteiger partial charge in [-0.2, -0.15) is 0 Å². The van der Waals surface area contributed by atoms with E-state index in [9.17, 15) is 19.2 Å². The van der Waals surface area contributed by atoms with Crippen LogP contribution in [0.4, 0.5) is 9.59 Å². The molecular weight excluding hydrogens is 228 g/mol. The van der Waals surface area contributed by atoms with Gasteiger partial charge in [0.15, 0.2) is 0 Å². The maximum atomic E-state index is 10.9. The molecule has 0 aromatic rings. The van der Waals surface area contributed by atoms with Crippen molar-refractivity contribution in [2.45, 2.75) is 13.0 Å². The fourth-order valence-electron chi connectivity index (χ4n) is 0.678. The van der Waals surface area contributed by atoms with Crippen LogP contribution in [0.25, 0.3) is 0 Å². The van der Waals surface area contributed by atoms with E-state index in [1.807, 2.05) is 0 Å². The van der Waals surface area contributed by atoms with Gasteiger partial charge in [0.2, 0.25) is 0 Å². The van der Waals surface area contributed by atoms with Crippen LogP contribution in [0.5, 0.6) is 0 Å². The average molecular weight is 236 g/mol. The third kappa shape index (κ3) is 4.91. The Hall–Kier alpha value is -2.16. The first-order chi connectivity index (χ1) is 7.38. The minimum absolute atomic E-state index is 0.145. The lowest BCUT2D eigenvalue weighted by atomic mass is 10.3. The number of carboxylic acid groups (broad SMARTS) is 2. The molecule has 0 atom stereocenters. The van der Waals surface area contributed by atoms with Gasteiger partial charge < -0.3 is 24.4 Å². The molecule has 0 unspecified atom stereocenters. The van der Waals surface area contributed by atoms with Crippen molar-refractivity contribution in [3.8, 4) is 0 Å². The summed E-state index contributed by atoms with van der Waals surface area (Å²) >= 11 is 0. The highest BCUT2D eigenvalue weighted by Crippen LogP contribution is 2.00. The summed E-state index contributed by atoms with van der Waals surface area (Å²) in [6.45, 7) is 1.25. The van der Waals surface area contributed by atoms with Crippen molar-refractivity contribution in [1.82, 2.24) is 0 Å². The maximum absolute atomic E-state index is 10.9. The number of rotatable bonds is 4. The molecule has 0 amide bonds.